The van der Waals surface area contributed by atoms with Crippen LogP contribution in [0.1, 0.15) is 5.56 Å². The van der Waals surface area contributed by atoms with Crippen molar-refractivity contribution in [2.24, 2.45) is 0 Å². The Morgan fingerprint density at radius 3 is 2.62 bits per heavy atom. The molecule has 0 atom stereocenters. The molecule has 0 amide bonds. The third-order valence-electron chi connectivity index (χ3n) is 3.52. The number of morpholine rings is 1. The Bertz CT molecular complexity index is 623. The van der Waals surface area contributed by atoms with E-state index in [1.807, 2.05) is 4.90 Å². The van der Waals surface area contributed by atoms with Crippen LogP contribution in [-0.2, 0) is 14.6 Å². The van der Waals surface area contributed by atoms with Crippen LogP contribution < -0.4 is 0 Å². The van der Waals surface area contributed by atoms with E-state index in [0.717, 1.165) is 6.07 Å². The largest absolute Gasteiger partial charge is 0.379 e. The van der Waals surface area contributed by atoms with Crippen LogP contribution in [-0.4, -0.2) is 56.8 Å². The van der Waals surface area contributed by atoms with Crippen molar-refractivity contribution in [3.8, 4) is 0 Å². The molecule has 1 aromatic carbocycles. The molecule has 0 spiro atoms. The highest BCUT2D eigenvalue weighted by atomic mass is 32.2. The summed E-state index contributed by atoms with van der Waals surface area (Å²) >= 11 is 0. The van der Waals surface area contributed by atoms with Gasteiger partial charge < -0.3 is 4.74 Å². The SMILES string of the molecule is Cc1ccc(S(=O)(=O)CCN2CCOCC2)cc1[N+](=O)[O-]. The minimum Gasteiger partial charge on any atom is -0.379 e. The molecule has 1 aliphatic rings. The Morgan fingerprint density at radius 2 is 2.00 bits per heavy atom. The lowest BCUT2D eigenvalue weighted by molar-refractivity contribution is -0.385. The molecule has 8 heteroatoms. The number of benzene rings is 1. The van der Waals surface area contributed by atoms with Crippen molar-refractivity contribution in [3.63, 3.8) is 0 Å². The summed E-state index contributed by atoms with van der Waals surface area (Å²) in [6, 6.07) is 4.04. The summed E-state index contributed by atoms with van der Waals surface area (Å²) < 4.78 is 29.8. The standard InChI is InChI=1S/C13H18N2O5S/c1-11-2-3-12(10-13(11)15(16)17)21(18,19)9-6-14-4-7-20-8-5-14/h2-3,10H,4-9H2,1H3. The van der Waals surface area contributed by atoms with Crippen LogP contribution in [0.5, 0.6) is 0 Å². The number of nitro benzene ring substituents is 1. The van der Waals surface area contributed by atoms with Gasteiger partial charge in [0.2, 0.25) is 0 Å². The van der Waals surface area contributed by atoms with Crippen molar-refractivity contribution in [2.75, 3.05) is 38.6 Å². The van der Waals surface area contributed by atoms with Crippen molar-refractivity contribution >= 4 is 15.5 Å². The van der Waals surface area contributed by atoms with Gasteiger partial charge in [0.1, 0.15) is 0 Å². The number of rotatable bonds is 5. The Balaban J connectivity index is 2.11. The fourth-order valence-corrected chi connectivity index (χ4v) is 3.47. The van der Waals surface area contributed by atoms with Gasteiger partial charge in [0, 0.05) is 31.3 Å². The Hall–Kier alpha value is -1.51. The highest BCUT2D eigenvalue weighted by Crippen LogP contribution is 2.23. The average molecular weight is 314 g/mol. The first kappa shape index (κ1) is 15.9. The molecule has 1 saturated heterocycles. The quantitative estimate of drug-likeness (QED) is 0.595. The molecule has 1 fully saturated rings. The molecule has 116 valence electrons. The van der Waals surface area contributed by atoms with E-state index < -0.39 is 14.8 Å². The molecule has 0 saturated carbocycles. The number of sulfone groups is 1. The van der Waals surface area contributed by atoms with Crippen molar-refractivity contribution in [3.05, 3.63) is 33.9 Å². The zero-order valence-corrected chi connectivity index (χ0v) is 12.6. The smallest absolute Gasteiger partial charge is 0.273 e. The van der Waals surface area contributed by atoms with E-state index in [4.69, 9.17) is 4.74 Å². The van der Waals surface area contributed by atoms with Gasteiger partial charge in [-0.1, -0.05) is 6.07 Å². The Morgan fingerprint density at radius 1 is 1.33 bits per heavy atom. The molecule has 0 aromatic heterocycles. The van der Waals surface area contributed by atoms with Crippen LogP contribution in [0, 0.1) is 17.0 Å². The topological polar surface area (TPSA) is 89.8 Å². The first-order valence-corrected chi connectivity index (χ1v) is 8.33. The molecular weight excluding hydrogens is 296 g/mol. The van der Waals surface area contributed by atoms with Gasteiger partial charge in [-0.05, 0) is 13.0 Å². The summed E-state index contributed by atoms with van der Waals surface area (Å²) in [6.45, 7) is 4.63. The maximum Gasteiger partial charge on any atom is 0.273 e. The summed E-state index contributed by atoms with van der Waals surface area (Å²) in [6.07, 6.45) is 0. The van der Waals surface area contributed by atoms with E-state index in [1.165, 1.54) is 12.1 Å². The molecule has 1 heterocycles. The Labute approximate surface area is 123 Å². The molecule has 1 aliphatic heterocycles. The van der Waals surface area contributed by atoms with Crippen LogP contribution in [0.25, 0.3) is 0 Å². The molecule has 0 aliphatic carbocycles. The van der Waals surface area contributed by atoms with E-state index in [0.29, 0.717) is 38.4 Å². The van der Waals surface area contributed by atoms with Crippen LogP contribution >= 0.6 is 0 Å². The number of aryl methyl sites for hydroxylation is 1. The molecule has 21 heavy (non-hydrogen) atoms. The van der Waals surface area contributed by atoms with Crippen LogP contribution in [0.4, 0.5) is 5.69 Å². The maximum atomic E-state index is 12.3. The molecule has 0 bridgehead atoms. The monoisotopic (exact) mass is 314 g/mol. The summed E-state index contributed by atoms with van der Waals surface area (Å²) in [5, 5.41) is 10.9. The maximum absolute atomic E-state index is 12.3. The number of hydrogen-bond acceptors (Lipinski definition) is 6. The Kier molecular flexibility index (Phi) is 4.92. The molecule has 0 unspecified atom stereocenters. The van der Waals surface area contributed by atoms with Gasteiger partial charge in [-0.2, -0.15) is 0 Å². The summed E-state index contributed by atoms with van der Waals surface area (Å²) in [4.78, 5) is 12.4. The van der Waals surface area contributed by atoms with Crippen molar-refractivity contribution in [1.29, 1.82) is 0 Å². The van der Waals surface area contributed by atoms with E-state index >= 15 is 0 Å². The van der Waals surface area contributed by atoms with Gasteiger partial charge in [0.25, 0.3) is 5.69 Å². The van der Waals surface area contributed by atoms with Gasteiger partial charge in [-0.3, -0.25) is 15.0 Å². The highest BCUT2D eigenvalue weighted by Gasteiger charge is 2.21. The van der Waals surface area contributed by atoms with E-state index in [-0.39, 0.29) is 16.3 Å². The second kappa shape index (κ2) is 6.50. The van der Waals surface area contributed by atoms with Gasteiger partial charge in [-0.25, -0.2) is 8.42 Å². The molecule has 2 rings (SSSR count). The van der Waals surface area contributed by atoms with E-state index in [1.54, 1.807) is 6.92 Å². The number of ether oxygens (including phenoxy) is 1. The van der Waals surface area contributed by atoms with Crippen LogP contribution in [0.3, 0.4) is 0 Å². The fourth-order valence-electron chi connectivity index (χ4n) is 2.17. The molecule has 0 N–H and O–H groups in total. The average Bonchev–Trinajstić information content (AvgIpc) is 2.46. The highest BCUT2D eigenvalue weighted by molar-refractivity contribution is 7.91. The number of hydrogen-bond donors (Lipinski definition) is 0. The van der Waals surface area contributed by atoms with Crippen molar-refractivity contribution < 1.29 is 18.1 Å². The lowest BCUT2D eigenvalue weighted by Crippen LogP contribution is -2.39. The zero-order chi connectivity index (χ0) is 15.5. The second-order valence-electron chi connectivity index (χ2n) is 4.98. The van der Waals surface area contributed by atoms with Gasteiger partial charge >= 0.3 is 0 Å². The lowest BCUT2D eigenvalue weighted by atomic mass is 10.2. The lowest BCUT2D eigenvalue weighted by Gasteiger charge is -2.26. The third-order valence-corrected chi connectivity index (χ3v) is 5.21. The molecule has 1 aromatic rings. The molecular formula is C13H18N2O5S. The summed E-state index contributed by atoms with van der Waals surface area (Å²) in [7, 11) is -3.52. The summed E-state index contributed by atoms with van der Waals surface area (Å²) in [5.41, 5.74) is 0.287. The van der Waals surface area contributed by atoms with Gasteiger partial charge in [0.15, 0.2) is 9.84 Å². The van der Waals surface area contributed by atoms with E-state index in [2.05, 4.69) is 0 Å². The second-order valence-corrected chi connectivity index (χ2v) is 7.09. The predicted molar refractivity (Wildman–Crippen MR) is 77.1 cm³/mol. The first-order valence-electron chi connectivity index (χ1n) is 6.68. The van der Waals surface area contributed by atoms with E-state index in [9.17, 15) is 18.5 Å². The van der Waals surface area contributed by atoms with Gasteiger partial charge in [-0.15, -0.1) is 0 Å². The number of nitrogens with zero attached hydrogens (tertiary/aromatic N) is 2. The minimum absolute atomic E-state index is 0.00746. The fraction of sp³-hybridized carbons (Fsp3) is 0.538. The first-order chi connectivity index (χ1) is 9.90. The van der Waals surface area contributed by atoms with Crippen molar-refractivity contribution in [2.45, 2.75) is 11.8 Å². The van der Waals surface area contributed by atoms with Crippen LogP contribution in [0.2, 0.25) is 0 Å². The van der Waals surface area contributed by atoms with Crippen molar-refractivity contribution in [1.82, 2.24) is 4.90 Å². The predicted octanol–water partition coefficient (Wildman–Crippen LogP) is 1.01. The normalized spacial score (nSPS) is 16.8. The molecule has 7 nitrogen and oxygen atoms in total. The third kappa shape index (κ3) is 3.99. The summed E-state index contributed by atoms with van der Waals surface area (Å²) in [5.74, 6) is -0.0484. The van der Waals surface area contributed by atoms with Gasteiger partial charge in [0.05, 0.1) is 28.8 Å². The minimum atomic E-state index is -3.52. The molecule has 0 radical (unpaired) electrons. The number of nitro groups is 1. The zero-order valence-electron chi connectivity index (χ0n) is 11.8. The van der Waals surface area contributed by atoms with Crippen LogP contribution in [0.15, 0.2) is 23.1 Å².